The van der Waals surface area contributed by atoms with Crippen molar-refractivity contribution in [2.45, 2.75) is 38.1 Å². The Balaban J connectivity index is 2.56. The van der Waals surface area contributed by atoms with E-state index in [4.69, 9.17) is 4.74 Å². The third-order valence-corrected chi connectivity index (χ3v) is 3.26. The number of benzene rings is 1. The number of ether oxygens (including phenoxy) is 1. The van der Waals surface area contributed by atoms with Gasteiger partial charge in [0.25, 0.3) is 0 Å². The maximum atomic E-state index is 11.9. The van der Waals surface area contributed by atoms with E-state index in [0.717, 1.165) is 5.56 Å². The van der Waals surface area contributed by atoms with Gasteiger partial charge >= 0.3 is 5.97 Å². The molecule has 0 saturated carbocycles. The number of amides is 1. The minimum absolute atomic E-state index is 0.0621. The fraction of sp³-hybridized carbons (Fsp3) is 0.368. The standard InChI is InChI=1S/C19H25NO3/c1-3-5-12-18(21)20-17(14-16-10-8-7-9-11-16)15-23-19(22)13-6-4-2/h3-4,7-11,17H,1-2,5-6,12-15H2,(H,20,21)/t17-/m1/s1. The van der Waals surface area contributed by atoms with Crippen LogP contribution in [0.5, 0.6) is 0 Å². The van der Waals surface area contributed by atoms with E-state index in [1.165, 1.54) is 0 Å². The largest absolute Gasteiger partial charge is 0.463 e. The Labute approximate surface area is 138 Å². The zero-order chi connectivity index (χ0) is 16.9. The molecule has 0 heterocycles. The molecule has 0 saturated heterocycles. The zero-order valence-electron chi connectivity index (χ0n) is 13.5. The molecular formula is C19H25NO3. The van der Waals surface area contributed by atoms with Crippen molar-refractivity contribution in [2.24, 2.45) is 0 Å². The molecule has 23 heavy (non-hydrogen) atoms. The molecule has 1 N–H and O–H groups in total. The summed E-state index contributed by atoms with van der Waals surface area (Å²) in [6.45, 7) is 7.36. The van der Waals surface area contributed by atoms with Gasteiger partial charge < -0.3 is 10.1 Å². The number of nitrogens with one attached hydrogen (secondary N) is 1. The SMILES string of the molecule is C=CCCC(=O)N[C@@H](COC(=O)CCC=C)Cc1ccccc1. The fourth-order valence-electron chi connectivity index (χ4n) is 2.07. The van der Waals surface area contributed by atoms with E-state index in [1.54, 1.807) is 12.2 Å². The van der Waals surface area contributed by atoms with Gasteiger partial charge in [-0.25, -0.2) is 0 Å². The van der Waals surface area contributed by atoms with Crippen LogP contribution in [0.25, 0.3) is 0 Å². The van der Waals surface area contributed by atoms with Crippen LogP contribution in [0.3, 0.4) is 0 Å². The Kier molecular flexibility index (Phi) is 9.13. The van der Waals surface area contributed by atoms with Crippen molar-refractivity contribution in [2.75, 3.05) is 6.61 Å². The molecule has 1 rings (SSSR count). The van der Waals surface area contributed by atoms with E-state index in [9.17, 15) is 9.59 Å². The number of carbonyl (C=O) groups is 2. The van der Waals surface area contributed by atoms with Crippen molar-refractivity contribution < 1.29 is 14.3 Å². The first-order chi connectivity index (χ1) is 11.2. The van der Waals surface area contributed by atoms with Crippen LogP contribution >= 0.6 is 0 Å². The molecule has 124 valence electrons. The number of carbonyl (C=O) groups excluding carboxylic acids is 2. The predicted molar refractivity (Wildman–Crippen MR) is 91.9 cm³/mol. The Morgan fingerprint density at radius 1 is 1.09 bits per heavy atom. The summed E-state index contributed by atoms with van der Waals surface area (Å²) in [5, 5.41) is 2.93. The molecule has 1 atom stereocenters. The van der Waals surface area contributed by atoms with Crippen LogP contribution in [0, 0.1) is 0 Å². The van der Waals surface area contributed by atoms with Crippen LogP contribution in [-0.4, -0.2) is 24.5 Å². The molecule has 0 aliphatic heterocycles. The van der Waals surface area contributed by atoms with Gasteiger partial charge in [0.2, 0.25) is 5.91 Å². The lowest BCUT2D eigenvalue weighted by molar-refractivity contribution is -0.145. The number of hydrogen-bond acceptors (Lipinski definition) is 3. The predicted octanol–water partition coefficient (Wildman–Crippen LogP) is 3.19. The molecule has 0 fully saturated rings. The molecule has 0 spiro atoms. The molecule has 0 aromatic heterocycles. The number of esters is 1. The maximum Gasteiger partial charge on any atom is 0.306 e. The van der Waals surface area contributed by atoms with E-state index < -0.39 is 0 Å². The van der Waals surface area contributed by atoms with Crippen molar-refractivity contribution >= 4 is 11.9 Å². The van der Waals surface area contributed by atoms with Gasteiger partial charge in [-0.15, -0.1) is 13.2 Å². The zero-order valence-corrected chi connectivity index (χ0v) is 13.5. The van der Waals surface area contributed by atoms with Gasteiger partial charge in [-0.05, 0) is 24.8 Å². The van der Waals surface area contributed by atoms with E-state index in [2.05, 4.69) is 18.5 Å². The van der Waals surface area contributed by atoms with Crippen molar-refractivity contribution in [3.05, 3.63) is 61.2 Å². The minimum atomic E-state index is -0.275. The summed E-state index contributed by atoms with van der Waals surface area (Å²) >= 11 is 0. The number of allylic oxidation sites excluding steroid dienone is 2. The summed E-state index contributed by atoms with van der Waals surface area (Å²) in [6, 6.07) is 9.58. The maximum absolute atomic E-state index is 11.9. The van der Waals surface area contributed by atoms with Crippen molar-refractivity contribution in [1.29, 1.82) is 0 Å². The average Bonchev–Trinajstić information content (AvgIpc) is 2.56. The van der Waals surface area contributed by atoms with Crippen LogP contribution in [0.2, 0.25) is 0 Å². The molecule has 0 aliphatic carbocycles. The lowest BCUT2D eigenvalue weighted by Gasteiger charge is -2.19. The smallest absolute Gasteiger partial charge is 0.306 e. The highest BCUT2D eigenvalue weighted by molar-refractivity contribution is 5.76. The van der Waals surface area contributed by atoms with Crippen LogP contribution in [0.4, 0.5) is 0 Å². The van der Waals surface area contributed by atoms with Crippen LogP contribution < -0.4 is 5.32 Å². The summed E-state index contributed by atoms with van der Waals surface area (Å²) in [5.74, 6) is -0.337. The Bertz CT molecular complexity index is 511. The van der Waals surface area contributed by atoms with Crippen LogP contribution in [0.15, 0.2) is 55.6 Å². The quantitative estimate of drug-likeness (QED) is 0.504. The highest BCUT2D eigenvalue weighted by atomic mass is 16.5. The number of rotatable bonds is 11. The highest BCUT2D eigenvalue weighted by Crippen LogP contribution is 2.05. The van der Waals surface area contributed by atoms with Crippen molar-refractivity contribution in [3.8, 4) is 0 Å². The molecule has 0 aliphatic rings. The van der Waals surface area contributed by atoms with Crippen molar-refractivity contribution in [1.82, 2.24) is 5.32 Å². The number of hydrogen-bond donors (Lipinski definition) is 1. The summed E-state index contributed by atoms with van der Waals surface area (Å²) in [5.41, 5.74) is 1.09. The summed E-state index contributed by atoms with van der Waals surface area (Å²) in [6.07, 6.45) is 5.93. The van der Waals surface area contributed by atoms with Gasteiger partial charge in [-0.2, -0.15) is 0 Å². The van der Waals surface area contributed by atoms with Gasteiger partial charge in [-0.1, -0.05) is 42.5 Å². The van der Waals surface area contributed by atoms with Gasteiger partial charge in [0.1, 0.15) is 6.61 Å². The second-order valence-corrected chi connectivity index (χ2v) is 5.29. The van der Waals surface area contributed by atoms with E-state index >= 15 is 0 Å². The van der Waals surface area contributed by atoms with Crippen LogP contribution in [-0.2, 0) is 20.7 Å². The molecule has 0 bridgehead atoms. The minimum Gasteiger partial charge on any atom is -0.463 e. The monoisotopic (exact) mass is 315 g/mol. The second-order valence-electron chi connectivity index (χ2n) is 5.29. The van der Waals surface area contributed by atoms with Crippen molar-refractivity contribution in [3.63, 3.8) is 0 Å². The normalized spacial score (nSPS) is 11.3. The highest BCUT2D eigenvalue weighted by Gasteiger charge is 2.15. The second kappa shape index (κ2) is 11.2. The van der Waals surface area contributed by atoms with Crippen LogP contribution in [0.1, 0.15) is 31.2 Å². The first-order valence-electron chi connectivity index (χ1n) is 7.86. The summed E-state index contributed by atoms with van der Waals surface area (Å²) in [4.78, 5) is 23.5. The average molecular weight is 315 g/mol. The lowest BCUT2D eigenvalue weighted by atomic mass is 10.1. The Morgan fingerprint density at radius 2 is 1.74 bits per heavy atom. The third-order valence-electron chi connectivity index (χ3n) is 3.26. The molecular weight excluding hydrogens is 290 g/mol. The Morgan fingerprint density at radius 3 is 2.39 bits per heavy atom. The first-order valence-corrected chi connectivity index (χ1v) is 7.86. The third kappa shape index (κ3) is 8.61. The molecule has 1 aromatic rings. The molecule has 4 heteroatoms. The van der Waals surface area contributed by atoms with Gasteiger partial charge in [0, 0.05) is 12.8 Å². The lowest BCUT2D eigenvalue weighted by Crippen LogP contribution is -2.40. The van der Waals surface area contributed by atoms with E-state index in [0.29, 0.717) is 32.1 Å². The molecule has 0 radical (unpaired) electrons. The fourth-order valence-corrected chi connectivity index (χ4v) is 2.07. The topological polar surface area (TPSA) is 55.4 Å². The molecule has 1 amide bonds. The van der Waals surface area contributed by atoms with Gasteiger partial charge in [0.05, 0.1) is 6.04 Å². The summed E-state index contributed by atoms with van der Waals surface area (Å²) in [7, 11) is 0. The van der Waals surface area contributed by atoms with Gasteiger partial charge in [0.15, 0.2) is 0 Å². The summed E-state index contributed by atoms with van der Waals surface area (Å²) < 4.78 is 5.26. The van der Waals surface area contributed by atoms with Gasteiger partial charge in [-0.3, -0.25) is 9.59 Å². The molecule has 1 aromatic carbocycles. The van der Waals surface area contributed by atoms with E-state index in [-0.39, 0.29) is 24.5 Å². The van der Waals surface area contributed by atoms with E-state index in [1.807, 2.05) is 30.3 Å². The molecule has 4 nitrogen and oxygen atoms in total. The Hall–Kier alpha value is -2.36. The molecule has 0 unspecified atom stereocenters. The first kappa shape index (κ1) is 18.7.